The van der Waals surface area contributed by atoms with Crippen molar-refractivity contribution < 1.29 is 22.8 Å². The predicted octanol–water partition coefficient (Wildman–Crippen LogP) is 3.18. The van der Waals surface area contributed by atoms with Gasteiger partial charge in [-0.2, -0.15) is 4.31 Å². The van der Waals surface area contributed by atoms with Crippen LogP contribution in [0.15, 0.2) is 83.0 Å². The van der Waals surface area contributed by atoms with Crippen molar-refractivity contribution in [3.05, 3.63) is 78.5 Å². The van der Waals surface area contributed by atoms with Gasteiger partial charge in [0.1, 0.15) is 5.75 Å². The Morgan fingerprint density at radius 2 is 1.71 bits per heavy atom. The molecule has 0 fully saturated rings. The van der Waals surface area contributed by atoms with E-state index in [4.69, 9.17) is 15.3 Å². The van der Waals surface area contributed by atoms with E-state index in [2.05, 4.69) is 15.5 Å². The molecule has 0 unspecified atom stereocenters. The van der Waals surface area contributed by atoms with Crippen LogP contribution in [-0.2, 0) is 19.7 Å². The van der Waals surface area contributed by atoms with E-state index in [0.717, 1.165) is 0 Å². The molecule has 0 spiro atoms. The highest BCUT2D eigenvalue weighted by molar-refractivity contribution is 7.89. The molecule has 35 heavy (non-hydrogen) atoms. The molecule has 3 N–H and O–H groups in total. The van der Waals surface area contributed by atoms with E-state index >= 15 is 0 Å². The molecule has 0 radical (unpaired) electrons. The molecule has 0 atom stereocenters. The average molecular weight is 498 g/mol. The standard InChI is InChI=1S/C24H27N5O5S/c1-3-29(4-2)35(31,32)20-14-12-18(13-15-20)27-22(30)17-33-28-23(25)21-11-8-16-26-24(21)34-19-9-6-5-7-10-19/h5-16H,3-4,17H2,1-2H3,(H2,25,28)(H,27,30). The second-order valence-electron chi connectivity index (χ2n) is 7.18. The van der Waals surface area contributed by atoms with Gasteiger partial charge in [-0.25, -0.2) is 13.4 Å². The number of sulfonamides is 1. The number of carbonyl (C=O) groups excluding carboxylic acids is 1. The zero-order valence-electron chi connectivity index (χ0n) is 19.4. The molecule has 1 amide bonds. The molecule has 1 heterocycles. The van der Waals surface area contributed by atoms with E-state index in [1.165, 1.54) is 28.6 Å². The molecule has 11 heteroatoms. The molecule has 0 bridgehead atoms. The molecule has 0 aliphatic heterocycles. The van der Waals surface area contributed by atoms with E-state index in [-0.39, 0.29) is 16.6 Å². The fraction of sp³-hybridized carbons (Fsp3) is 0.208. The summed E-state index contributed by atoms with van der Waals surface area (Å²) in [4.78, 5) is 21.6. The lowest BCUT2D eigenvalue weighted by Crippen LogP contribution is -2.30. The number of rotatable bonds is 11. The Labute approximate surface area is 204 Å². The number of benzene rings is 2. The second kappa shape index (κ2) is 12.0. The third-order valence-corrected chi connectivity index (χ3v) is 6.91. The summed E-state index contributed by atoms with van der Waals surface area (Å²) in [6, 6.07) is 18.3. The first kappa shape index (κ1) is 25.7. The minimum atomic E-state index is -3.57. The summed E-state index contributed by atoms with van der Waals surface area (Å²) in [6.07, 6.45) is 1.56. The third-order valence-electron chi connectivity index (χ3n) is 4.84. The van der Waals surface area contributed by atoms with E-state index in [0.29, 0.717) is 30.1 Å². The van der Waals surface area contributed by atoms with E-state index in [1.54, 1.807) is 44.3 Å². The Morgan fingerprint density at radius 3 is 2.37 bits per heavy atom. The van der Waals surface area contributed by atoms with Crippen LogP contribution in [0.2, 0.25) is 0 Å². The Hall–Kier alpha value is -3.96. The fourth-order valence-electron chi connectivity index (χ4n) is 3.10. The van der Waals surface area contributed by atoms with Crippen molar-refractivity contribution >= 4 is 27.5 Å². The van der Waals surface area contributed by atoms with Crippen molar-refractivity contribution in [1.82, 2.24) is 9.29 Å². The van der Waals surface area contributed by atoms with Gasteiger partial charge in [0.2, 0.25) is 15.9 Å². The zero-order chi connectivity index (χ0) is 25.3. The first-order valence-electron chi connectivity index (χ1n) is 10.9. The minimum Gasteiger partial charge on any atom is -0.438 e. The number of pyridine rings is 1. The number of nitrogens with one attached hydrogen (secondary N) is 1. The van der Waals surface area contributed by atoms with E-state index < -0.39 is 22.5 Å². The van der Waals surface area contributed by atoms with Gasteiger partial charge in [0.05, 0.1) is 10.5 Å². The summed E-state index contributed by atoms with van der Waals surface area (Å²) in [5.41, 5.74) is 6.83. The van der Waals surface area contributed by atoms with Crippen molar-refractivity contribution in [2.24, 2.45) is 10.9 Å². The summed E-state index contributed by atoms with van der Waals surface area (Å²) in [5, 5.41) is 6.41. The quantitative estimate of drug-likeness (QED) is 0.236. The number of hydrogen-bond acceptors (Lipinski definition) is 7. The van der Waals surface area contributed by atoms with Gasteiger partial charge in [0.15, 0.2) is 12.4 Å². The molecular weight excluding hydrogens is 470 g/mol. The fourth-order valence-corrected chi connectivity index (χ4v) is 4.55. The second-order valence-corrected chi connectivity index (χ2v) is 9.12. The summed E-state index contributed by atoms with van der Waals surface area (Å²) < 4.78 is 32.2. The molecule has 2 aromatic carbocycles. The Morgan fingerprint density at radius 1 is 1.03 bits per heavy atom. The van der Waals surface area contributed by atoms with Crippen LogP contribution in [-0.4, -0.2) is 49.1 Å². The van der Waals surface area contributed by atoms with Gasteiger partial charge >= 0.3 is 0 Å². The summed E-state index contributed by atoms with van der Waals surface area (Å²) in [6.45, 7) is 3.89. The summed E-state index contributed by atoms with van der Waals surface area (Å²) in [5.74, 6) is 0.319. The van der Waals surface area contributed by atoms with Crippen molar-refractivity contribution in [3.63, 3.8) is 0 Å². The highest BCUT2D eigenvalue weighted by Crippen LogP contribution is 2.22. The van der Waals surface area contributed by atoms with Crippen LogP contribution >= 0.6 is 0 Å². The number of nitrogens with two attached hydrogens (primary N) is 1. The number of ether oxygens (including phenoxy) is 1. The maximum absolute atomic E-state index is 12.6. The molecule has 0 saturated heterocycles. The maximum Gasteiger partial charge on any atom is 0.265 e. The topological polar surface area (TPSA) is 136 Å². The number of para-hydroxylation sites is 1. The minimum absolute atomic E-state index is 0.0113. The highest BCUT2D eigenvalue weighted by Gasteiger charge is 2.21. The van der Waals surface area contributed by atoms with Crippen molar-refractivity contribution in [3.8, 4) is 11.6 Å². The number of oxime groups is 1. The lowest BCUT2D eigenvalue weighted by molar-refractivity contribution is -0.120. The number of carbonyl (C=O) groups is 1. The SMILES string of the molecule is CCN(CC)S(=O)(=O)c1ccc(NC(=O)CO/N=C(/N)c2cccnc2Oc2ccccc2)cc1. The molecule has 3 rings (SSSR count). The van der Waals surface area contributed by atoms with E-state index in [1.807, 2.05) is 18.2 Å². The van der Waals surface area contributed by atoms with Gasteiger partial charge in [-0.3, -0.25) is 4.79 Å². The van der Waals surface area contributed by atoms with Gasteiger partial charge in [0, 0.05) is 25.0 Å². The Kier molecular flexibility index (Phi) is 8.76. The molecule has 10 nitrogen and oxygen atoms in total. The number of amides is 1. The van der Waals surface area contributed by atoms with E-state index in [9.17, 15) is 13.2 Å². The smallest absolute Gasteiger partial charge is 0.265 e. The Bertz CT molecular complexity index is 1260. The lowest BCUT2D eigenvalue weighted by Gasteiger charge is -2.18. The molecule has 0 saturated carbocycles. The summed E-state index contributed by atoms with van der Waals surface area (Å²) >= 11 is 0. The van der Waals surface area contributed by atoms with Crippen LogP contribution in [0.3, 0.4) is 0 Å². The van der Waals surface area contributed by atoms with Gasteiger partial charge in [-0.15, -0.1) is 0 Å². The number of hydrogen-bond donors (Lipinski definition) is 2. The third kappa shape index (κ3) is 6.78. The van der Waals surface area contributed by atoms with Crippen molar-refractivity contribution in [1.29, 1.82) is 0 Å². The van der Waals surface area contributed by atoms with Gasteiger partial charge < -0.3 is 20.6 Å². The first-order valence-corrected chi connectivity index (χ1v) is 12.3. The maximum atomic E-state index is 12.6. The molecule has 1 aromatic heterocycles. The Balaban J connectivity index is 1.58. The average Bonchev–Trinajstić information content (AvgIpc) is 2.86. The van der Waals surface area contributed by atoms with Crippen LogP contribution in [0.1, 0.15) is 19.4 Å². The van der Waals surface area contributed by atoms with Crippen LogP contribution in [0.5, 0.6) is 11.6 Å². The molecule has 3 aromatic rings. The van der Waals surface area contributed by atoms with Gasteiger partial charge in [-0.1, -0.05) is 37.2 Å². The highest BCUT2D eigenvalue weighted by atomic mass is 32.2. The van der Waals surface area contributed by atoms with Gasteiger partial charge in [-0.05, 0) is 48.5 Å². The van der Waals surface area contributed by atoms with Crippen LogP contribution in [0, 0.1) is 0 Å². The normalized spacial score (nSPS) is 11.8. The van der Waals surface area contributed by atoms with Gasteiger partial charge in [0.25, 0.3) is 5.91 Å². The number of amidine groups is 1. The molecular formula is C24H27N5O5S. The lowest BCUT2D eigenvalue weighted by atomic mass is 10.2. The summed E-state index contributed by atoms with van der Waals surface area (Å²) in [7, 11) is -3.57. The van der Waals surface area contributed by atoms with Crippen LogP contribution < -0.4 is 15.8 Å². The molecule has 0 aliphatic carbocycles. The first-order chi connectivity index (χ1) is 16.8. The molecule has 184 valence electrons. The monoisotopic (exact) mass is 497 g/mol. The van der Waals surface area contributed by atoms with Crippen molar-refractivity contribution in [2.75, 3.05) is 25.0 Å². The van der Waals surface area contributed by atoms with Crippen LogP contribution in [0.4, 0.5) is 5.69 Å². The van der Waals surface area contributed by atoms with Crippen molar-refractivity contribution in [2.45, 2.75) is 18.7 Å². The number of anilines is 1. The van der Waals surface area contributed by atoms with Crippen LogP contribution in [0.25, 0.3) is 0 Å². The zero-order valence-corrected chi connectivity index (χ0v) is 20.2. The number of nitrogens with zero attached hydrogens (tertiary/aromatic N) is 3. The molecule has 0 aliphatic rings. The predicted molar refractivity (Wildman–Crippen MR) is 133 cm³/mol. The number of aromatic nitrogens is 1. The largest absolute Gasteiger partial charge is 0.438 e.